The molecule has 0 radical (unpaired) electrons. The van der Waals surface area contributed by atoms with E-state index in [4.69, 9.17) is 4.74 Å². The van der Waals surface area contributed by atoms with Gasteiger partial charge in [-0.2, -0.15) is 0 Å². The standard InChI is InChI=1S/C14H27NO3/c1-10(16)13(5,6)9-14(7,8)15-11(17)18-12(2,3)4/h9H2,1-8H3,(H,15,17). The number of carbonyl (C=O) groups is 2. The fourth-order valence-electron chi connectivity index (χ4n) is 1.85. The Hall–Kier alpha value is -1.06. The largest absolute Gasteiger partial charge is 0.444 e. The zero-order valence-electron chi connectivity index (χ0n) is 12.9. The molecule has 0 saturated carbocycles. The first-order valence-corrected chi connectivity index (χ1v) is 6.27. The second-order valence-electron chi connectivity index (χ2n) is 7.13. The van der Waals surface area contributed by atoms with Gasteiger partial charge in [0, 0.05) is 11.0 Å². The van der Waals surface area contributed by atoms with Crippen molar-refractivity contribution in [1.29, 1.82) is 0 Å². The lowest BCUT2D eigenvalue weighted by Crippen LogP contribution is -2.49. The molecule has 0 spiro atoms. The van der Waals surface area contributed by atoms with E-state index in [1.54, 1.807) is 6.92 Å². The van der Waals surface area contributed by atoms with Gasteiger partial charge in [-0.3, -0.25) is 4.79 Å². The van der Waals surface area contributed by atoms with Crippen LogP contribution in [0.25, 0.3) is 0 Å². The summed E-state index contributed by atoms with van der Waals surface area (Å²) in [5.41, 5.74) is -1.47. The molecular formula is C14H27NO3. The Bertz CT molecular complexity index is 324. The highest BCUT2D eigenvalue weighted by atomic mass is 16.6. The van der Waals surface area contributed by atoms with Crippen molar-refractivity contribution in [3.8, 4) is 0 Å². The second-order valence-corrected chi connectivity index (χ2v) is 7.13. The molecule has 0 heterocycles. The van der Waals surface area contributed by atoms with E-state index in [-0.39, 0.29) is 5.78 Å². The zero-order valence-corrected chi connectivity index (χ0v) is 12.9. The molecule has 0 rings (SSSR count). The lowest BCUT2D eigenvalue weighted by atomic mass is 9.77. The number of Topliss-reactive ketones (excluding diaryl/α,β-unsaturated/α-hetero) is 1. The highest BCUT2D eigenvalue weighted by Gasteiger charge is 2.34. The van der Waals surface area contributed by atoms with Crippen LogP contribution in [0.3, 0.4) is 0 Å². The molecule has 0 aromatic heterocycles. The van der Waals surface area contributed by atoms with Gasteiger partial charge < -0.3 is 10.1 Å². The molecule has 0 saturated heterocycles. The van der Waals surface area contributed by atoms with E-state index in [9.17, 15) is 9.59 Å². The minimum Gasteiger partial charge on any atom is -0.444 e. The Balaban J connectivity index is 4.58. The van der Waals surface area contributed by atoms with Gasteiger partial charge in [0.05, 0.1) is 0 Å². The van der Waals surface area contributed by atoms with Crippen molar-refractivity contribution in [2.75, 3.05) is 0 Å². The number of hydrogen-bond donors (Lipinski definition) is 1. The number of alkyl carbamates (subject to hydrolysis) is 1. The highest BCUT2D eigenvalue weighted by molar-refractivity contribution is 5.81. The van der Waals surface area contributed by atoms with Crippen molar-refractivity contribution in [3.63, 3.8) is 0 Å². The molecule has 0 aliphatic rings. The van der Waals surface area contributed by atoms with Crippen molar-refractivity contribution in [2.45, 2.75) is 73.0 Å². The predicted molar refractivity (Wildman–Crippen MR) is 72.5 cm³/mol. The Kier molecular flexibility index (Phi) is 4.98. The van der Waals surface area contributed by atoms with Crippen LogP contribution >= 0.6 is 0 Å². The molecule has 4 nitrogen and oxygen atoms in total. The van der Waals surface area contributed by atoms with Crippen molar-refractivity contribution < 1.29 is 14.3 Å². The van der Waals surface area contributed by atoms with E-state index < -0.39 is 22.6 Å². The predicted octanol–water partition coefficient (Wildman–Crippen LogP) is 3.30. The number of ketones is 1. The number of rotatable bonds is 4. The SMILES string of the molecule is CC(=O)C(C)(C)CC(C)(C)NC(=O)OC(C)(C)C. The van der Waals surface area contributed by atoms with Crippen LogP contribution in [0.15, 0.2) is 0 Å². The molecule has 0 fully saturated rings. The molecule has 0 bridgehead atoms. The van der Waals surface area contributed by atoms with Crippen LogP contribution in [0.4, 0.5) is 4.79 Å². The van der Waals surface area contributed by atoms with Gasteiger partial charge in [0.15, 0.2) is 0 Å². The molecule has 0 atom stereocenters. The van der Waals surface area contributed by atoms with Gasteiger partial charge in [-0.1, -0.05) is 13.8 Å². The molecule has 0 aliphatic carbocycles. The van der Waals surface area contributed by atoms with Crippen LogP contribution in [0.5, 0.6) is 0 Å². The smallest absolute Gasteiger partial charge is 0.408 e. The van der Waals surface area contributed by atoms with Crippen molar-refractivity contribution in [3.05, 3.63) is 0 Å². The fraction of sp³-hybridized carbons (Fsp3) is 0.857. The average molecular weight is 257 g/mol. The maximum absolute atomic E-state index is 11.7. The van der Waals surface area contributed by atoms with E-state index >= 15 is 0 Å². The average Bonchev–Trinajstić information content (AvgIpc) is 1.94. The van der Waals surface area contributed by atoms with Crippen molar-refractivity contribution >= 4 is 11.9 Å². The molecule has 0 aromatic carbocycles. The first kappa shape index (κ1) is 16.9. The van der Waals surface area contributed by atoms with Gasteiger partial charge in [0.1, 0.15) is 11.4 Å². The number of amides is 1. The molecule has 4 heteroatoms. The summed E-state index contributed by atoms with van der Waals surface area (Å²) in [5, 5.41) is 2.81. The Labute approximate surface area is 110 Å². The summed E-state index contributed by atoms with van der Waals surface area (Å²) in [4.78, 5) is 23.2. The topological polar surface area (TPSA) is 55.4 Å². The summed E-state index contributed by atoms with van der Waals surface area (Å²) in [6.45, 7) is 14.6. The summed E-state index contributed by atoms with van der Waals surface area (Å²) in [7, 11) is 0. The van der Waals surface area contributed by atoms with Crippen LogP contribution in [0, 0.1) is 5.41 Å². The van der Waals surface area contributed by atoms with E-state index in [1.165, 1.54) is 0 Å². The minimum atomic E-state index is -0.518. The molecule has 0 unspecified atom stereocenters. The summed E-state index contributed by atoms with van der Waals surface area (Å²) in [6.07, 6.45) is 0.112. The molecule has 0 aromatic rings. The Morgan fingerprint density at radius 1 is 1.00 bits per heavy atom. The van der Waals surface area contributed by atoms with Gasteiger partial charge in [0.25, 0.3) is 0 Å². The highest BCUT2D eigenvalue weighted by Crippen LogP contribution is 2.28. The van der Waals surface area contributed by atoms with E-state index in [2.05, 4.69) is 5.32 Å². The number of nitrogens with one attached hydrogen (secondary N) is 1. The van der Waals surface area contributed by atoms with Gasteiger partial charge >= 0.3 is 6.09 Å². The summed E-state index contributed by atoms with van der Waals surface area (Å²) >= 11 is 0. The fourth-order valence-corrected chi connectivity index (χ4v) is 1.85. The molecule has 18 heavy (non-hydrogen) atoms. The molecule has 1 N–H and O–H groups in total. The lowest BCUT2D eigenvalue weighted by molar-refractivity contribution is -0.126. The molecule has 1 amide bonds. The van der Waals surface area contributed by atoms with Crippen LogP contribution in [-0.4, -0.2) is 23.0 Å². The maximum Gasteiger partial charge on any atom is 0.408 e. The number of carbonyl (C=O) groups excluding carboxylic acids is 2. The zero-order chi connectivity index (χ0) is 14.8. The normalized spacial score (nSPS) is 13.1. The van der Waals surface area contributed by atoms with Crippen molar-refractivity contribution in [2.24, 2.45) is 5.41 Å². The van der Waals surface area contributed by atoms with Crippen LogP contribution in [0.1, 0.15) is 61.8 Å². The van der Waals surface area contributed by atoms with Crippen LogP contribution in [-0.2, 0) is 9.53 Å². The van der Waals surface area contributed by atoms with E-state index in [0.717, 1.165) is 0 Å². The van der Waals surface area contributed by atoms with Gasteiger partial charge in [-0.25, -0.2) is 4.79 Å². The van der Waals surface area contributed by atoms with E-state index in [1.807, 2.05) is 48.5 Å². The monoisotopic (exact) mass is 257 g/mol. The van der Waals surface area contributed by atoms with Gasteiger partial charge in [-0.15, -0.1) is 0 Å². The first-order chi connectivity index (χ1) is 7.75. The quantitative estimate of drug-likeness (QED) is 0.840. The Morgan fingerprint density at radius 3 is 1.78 bits per heavy atom. The van der Waals surface area contributed by atoms with Gasteiger partial charge in [0.2, 0.25) is 0 Å². The summed E-state index contributed by atoms with van der Waals surface area (Å²) < 4.78 is 5.21. The third-order valence-electron chi connectivity index (χ3n) is 2.68. The van der Waals surface area contributed by atoms with Crippen molar-refractivity contribution in [1.82, 2.24) is 5.32 Å². The lowest BCUT2D eigenvalue weighted by Gasteiger charge is -2.34. The third kappa shape index (κ3) is 6.62. The second kappa shape index (κ2) is 5.29. The molecular weight excluding hydrogens is 230 g/mol. The van der Waals surface area contributed by atoms with E-state index in [0.29, 0.717) is 6.42 Å². The summed E-state index contributed by atoms with van der Waals surface area (Å²) in [6, 6.07) is 0. The van der Waals surface area contributed by atoms with Gasteiger partial charge in [-0.05, 0) is 48.0 Å². The maximum atomic E-state index is 11.7. The Morgan fingerprint density at radius 2 is 1.44 bits per heavy atom. The summed E-state index contributed by atoms with van der Waals surface area (Å²) in [5.74, 6) is 0.113. The number of hydrogen-bond acceptors (Lipinski definition) is 3. The van der Waals surface area contributed by atoms with Crippen LogP contribution in [0.2, 0.25) is 0 Å². The number of ether oxygens (including phenoxy) is 1. The first-order valence-electron chi connectivity index (χ1n) is 6.27. The third-order valence-corrected chi connectivity index (χ3v) is 2.68. The molecule has 0 aliphatic heterocycles. The molecule has 106 valence electrons. The minimum absolute atomic E-state index is 0.113. The van der Waals surface area contributed by atoms with Crippen LogP contribution < -0.4 is 5.32 Å².